The average molecular weight is 247 g/mol. The fourth-order valence-electron chi connectivity index (χ4n) is 1.98. The van der Waals surface area contributed by atoms with Gasteiger partial charge in [-0.2, -0.15) is 0 Å². The number of hydrogen-bond donors (Lipinski definition) is 0. The molecule has 1 atom stereocenters. The number of likely N-dealkylation sites (N-methyl/N-ethyl adjacent to an activating group) is 1. The number of carbonyl (C=O) groups is 2. The average Bonchev–Trinajstić information content (AvgIpc) is 2.73. The Hall–Kier alpha value is -0.770. The van der Waals surface area contributed by atoms with Crippen LogP contribution in [0.3, 0.4) is 0 Å². The standard InChI is InChI=1S/C11H19ClN2O2/c1-13(2)11(16)9-5-4-8-14(9)10(15)6-3-7-12/h9H,3-8H2,1-2H3. The number of nitrogens with zero attached hydrogens (tertiary/aromatic N) is 2. The van der Waals surface area contributed by atoms with Crippen molar-refractivity contribution in [1.82, 2.24) is 9.80 Å². The Morgan fingerprint density at radius 3 is 2.69 bits per heavy atom. The predicted octanol–water partition coefficient (Wildman–Crippen LogP) is 1.08. The van der Waals surface area contributed by atoms with E-state index in [2.05, 4.69) is 0 Å². The highest BCUT2D eigenvalue weighted by Crippen LogP contribution is 2.20. The normalized spacial score (nSPS) is 19.9. The van der Waals surface area contributed by atoms with E-state index in [0.29, 0.717) is 25.3 Å². The summed E-state index contributed by atoms with van der Waals surface area (Å²) in [5.41, 5.74) is 0. The number of halogens is 1. The van der Waals surface area contributed by atoms with Gasteiger partial charge in [0, 0.05) is 32.9 Å². The summed E-state index contributed by atoms with van der Waals surface area (Å²) in [4.78, 5) is 26.9. The summed E-state index contributed by atoms with van der Waals surface area (Å²) in [6.45, 7) is 0.700. The zero-order chi connectivity index (χ0) is 12.1. The lowest BCUT2D eigenvalue weighted by atomic mass is 10.2. The molecule has 4 nitrogen and oxygen atoms in total. The first-order valence-corrected chi connectivity index (χ1v) is 6.18. The molecule has 1 aliphatic heterocycles. The van der Waals surface area contributed by atoms with Gasteiger partial charge in [0.1, 0.15) is 6.04 Å². The molecule has 0 radical (unpaired) electrons. The summed E-state index contributed by atoms with van der Waals surface area (Å²) in [7, 11) is 3.45. The van der Waals surface area contributed by atoms with Gasteiger partial charge in [0.2, 0.25) is 11.8 Å². The van der Waals surface area contributed by atoms with Crippen molar-refractivity contribution >= 4 is 23.4 Å². The van der Waals surface area contributed by atoms with Gasteiger partial charge in [-0.3, -0.25) is 9.59 Å². The molecule has 0 saturated carbocycles. The Morgan fingerprint density at radius 1 is 1.44 bits per heavy atom. The largest absolute Gasteiger partial charge is 0.347 e. The minimum atomic E-state index is -0.252. The molecule has 0 aromatic heterocycles. The molecule has 0 N–H and O–H groups in total. The van der Waals surface area contributed by atoms with Gasteiger partial charge in [0.05, 0.1) is 0 Å². The van der Waals surface area contributed by atoms with E-state index in [1.807, 2.05) is 0 Å². The van der Waals surface area contributed by atoms with Crippen molar-refractivity contribution in [2.75, 3.05) is 26.5 Å². The number of amides is 2. The zero-order valence-electron chi connectivity index (χ0n) is 9.91. The van der Waals surface area contributed by atoms with E-state index < -0.39 is 0 Å². The number of alkyl halides is 1. The Balaban J connectivity index is 2.58. The van der Waals surface area contributed by atoms with Gasteiger partial charge in [-0.05, 0) is 19.3 Å². The maximum Gasteiger partial charge on any atom is 0.244 e. The molecule has 0 spiro atoms. The molecule has 16 heavy (non-hydrogen) atoms. The van der Waals surface area contributed by atoms with Gasteiger partial charge in [-0.25, -0.2) is 0 Å². The van der Waals surface area contributed by atoms with Gasteiger partial charge in [-0.1, -0.05) is 0 Å². The Bertz CT molecular complexity index is 269. The fourth-order valence-corrected chi connectivity index (χ4v) is 2.12. The molecule has 0 bridgehead atoms. The van der Waals surface area contributed by atoms with Crippen LogP contribution in [0.25, 0.3) is 0 Å². The molecule has 0 aromatic carbocycles. The molecular formula is C11H19ClN2O2. The van der Waals surface area contributed by atoms with Crippen LogP contribution in [0.4, 0.5) is 0 Å². The first-order chi connectivity index (χ1) is 7.57. The quantitative estimate of drug-likeness (QED) is 0.697. The predicted molar refractivity (Wildman–Crippen MR) is 63.4 cm³/mol. The molecular weight excluding hydrogens is 228 g/mol. The summed E-state index contributed by atoms with van der Waals surface area (Å²) in [6, 6.07) is -0.252. The maximum atomic E-state index is 11.8. The summed E-state index contributed by atoms with van der Waals surface area (Å²) in [6.07, 6.45) is 2.82. The van der Waals surface area contributed by atoms with Gasteiger partial charge in [0.25, 0.3) is 0 Å². The minimum Gasteiger partial charge on any atom is -0.347 e. The molecule has 1 fully saturated rings. The number of likely N-dealkylation sites (tertiary alicyclic amines) is 1. The third-order valence-electron chi connectivity index (χ3n) is 2.82. The van der Waals surface area contributed by atoms with E-state index in [1.54, 1.807) is 23.9 Å². The lowest BCUT2D eigenvalue weighted by Gasteiger charge is -2.26. The van der Waals surface area contributed by atoms with E-state index in [0.717, 1.165) is 12.8 Å². The number of hydrogen-bond acceptors (Lipinski definition) is 2. The Labute approximate surface area is 102 Å². The second kappa shape index (κ2) is 6.09. The van der Waals surface area contributed by atoms with E-state index in [9.17, 15) is 9.59 Å². The lowest BCUT2D eigenvalue weighted by Crippen LogP contribution is -2.45. The van der Waals surface area contributed by atoms with Crippen LogP contribution in [0.5, 0.6) is 0 Å². The van der Waals surface area contributed by atoms with Crippen molar-refractivity contribution in [2.24, 2.45) is 0 Å². The smallest absolute Gasteiger partial charge is 0.244 e. The third kappa shape index (κ3) is 3.11. The molecule has 1 rings (SSSR count). The zero-order valence-corrected chi connectivity index (χ0v) is 10.7. The molecule has 1 saturated heterocycles. The van der Waals surface area contributed by atoms with Crippen LogP contribution < -0.4 is 0 Å². The van der Waals surface area contributed by atoms with Crippen LogP contribution in [-0.2, 0) is 9.59 Å². The van der Waals surface area contributed by atoms with Crippen LogP contribution in [0.1, 0.15) is 25.7 Å². The van der Waals surface area contributed by atoms with Crippen LogP contribution >= 0.6 is 11.6 Å². The van der Waals surface area contributed by atoms with E-state index in [1.165, 1.54) is 0 Å². The first kappa shape index (κ1) is 13.3. The molecule has 0 aromatic rings. The van der Waals surface area contributed by atoms with Crippen LogP contribution in [-0.4, -0.2) is 54.2 Å². The molecule has 2 amide bonds. The second-order valence-corrected chi connectivity index (χ2v) is 4.65. The van der Waals surface area contributed by atoms with Crippen LogP contribution in [0, 0.1) is 0 Å². The Kier molecular flexibility index (Phi) is 5.06. The first-order valence-electron chi connectivity index (χ1n) is 5.64. The van der Waals surface area contributed by atoms with Crippen molar-refractivity contribution in [3.63, 3.8) is 0 Å². The van der Waals surface area contributed by atoms with Gasteiger partial charge < -0.3 is 9.80 Å². The monoisotopic (exact) mass is 246 g/mol. The highest BCUT2D eigenvalue weighted by atomic mass is 35.5. The summed E-state index contributed by atoms with van der Waals surface area (Å²) >= 11 is 5.56. The SMILES string of the molecule is CN(C)C(=O)C1CCCN1C(=O)CCCCl. The summed E-state index contributed by atoms with van der Waals surface area (Å²) < 4.78 is 0. The van der Waals surface area contributed by atoms with Crippen molar-refractivity contribution in [1.29, 1.82) is 0 Å². The van der Waals surface area contributed by atoms with Gasteiger partial charge >= 0.3 is 0 Å². The number of rotatable bonds is 4. The van der Waals surface area contributed by atoms with E-state index in [4.69, 9.17) is 11.6 Å². The topological polar surface area (TPSA) is 40.6 Å². The maximum absolute atomic E-state index is 11.8. The molecule has 1 heterocycles. The highest BCUT2D eigenvalue weighted by Gasteiger charge is 2.34. The summed E-state index contributed by atoms with van der Waals surface area (Å²) in [5.74, 6) is 0.571. The fraction of sp³-hybridized carbons (Fsp3) is 0.818. The number of carbonyl (C=O) groups excluding carboxylic acids is 2. The van der Waals surface area contributed by atoms with Gasteiger partial charge in [0.15, 0.2) is 0 Å². The molecule has 1 unspecified atom stereocenters. The van der Waals surface area contributed by atoms with Crippen molar-refractivity contribution in [3.05, 3.63) is 0 Å². The lowest BCUT2D eigenvalue weighted by molar-refractivity contribution is -0.142. The van der Waals surface area contributed by atoms with Crippen LogP contribution in [0.2, 0.25) is 0 Å². The Morgan fingerprint density at radius 2 is 2.12 bits per heavy atom. The van der Waals surface area contributed by atoms with E-state index in [-0.39, 0.29) is 17.9 Å². The van der Waals surface area contributed by atoms with Crippen molar-refractivity contribution < 1.29 is 9.59 Å². The van der Waals surface area contributed by atoms with Crippen molar-refractivity contribution in [2.45, 2.75) is 31.7 Å². The minimum absolute atomic E-state index is 0.0247. The highest BCUT2D eigenvalue weighted by molar-refractivity contribution is 6.17. The van der Waals surface area contributed by atoms with Gasteiger partial charge in [-0.15, -0.1) is 11.6 Å². The van der Waals surface area contributed by atoms with Crippen molar-refractivity contribution in [3.8, 4) is 0 Å². The molecule has 1 aliphatic rings. The van der Waals surface area contributed by atoms with Crippen LogP contribution in [0.15, 0.2) is 0 Å². The third-order valence-corrected chi connectivity index (χ3v) is 3.09. The molecule has 92 valence electrons. The van der Waals surface area contributed by atoms with E-state index >= 15 is 0 Å². The molecule has 0 aliphatic carbocycles. The second-order valence-electron chi connectivity index (χ2n) is 4.27. The summed E-state index contributed by atoms with van der Waals surface area (Å²) in [5, 5.41) is 0. The molecule has 5 heteroatoms.